The molecule has 12 aromatic rings. The van der Waals surface area contributed by atoms with Crippen LogP contribution >= 0.6 is 0 Å². The Morgan fingerprint density at radius 1 is 0.247 bits per heavy atom. The van der Waals surface area contributed by atoms with Gasteiger partial charge in [0.25, 0.3) is 0 Å². The lowest BCUT2D eigenvalue weighted by Crippen LogP contribution is -2.17. The van der Waals surface area contributed by atoms with Crippen LogP contribution in [0.1, 0.15) is 25.0 Å². The molecule has 0 N–H and O–H groups in total. The lowest BCUT2D eigenvalue weighted by molar-refractivity contribution is 0.660. The van der Waals surface area contributed by atoms with Crippen LogP contribution in [0.2, 0.25) is 0 Å². The van der Waals surface area contributed by atoms with Gasteiger partial charge in [-0.1, -0.05) is 220 Å². The van der Waals surface area contributed by atoms with Crippen LogP contribution in [-0.4, -0.2) is 0 Å². The molecule has 0 fully saturated rings. The van der Waals surface area contributed by atoms with E-state index >= 15 is 0 Å². The van der Waals surface area contributed by atoms with Crippen LogP contribution in [0.25, 0.3) is 77.2 Å². The van der Waals surface area contributed by atoms with Gasteiger partial charge in [0.15, 0.2) is 0 Å². The molecule has 0 aromatic heterocycles. The topological polar surface area (TPSA) is 6.48 Å². The summed E-state index contributed by atoms with van der Waals surface area (Å²) < 4.78 is 0. The van der Waals surface area contributed by atoms with Gasteiger partial charge in [-0.05, 0) is 156 Å². The molecule has 1 aliphatic rings. The minimum absolute atomic E-state index is 0.292. The highest BCUT2D eigenvalue weighted by Gasteiger charge is 2.37. The maximum atomic E-state index is 2.47. The molecule has 0 amide bonds. The normalized spacial score (nSPS) is 12.4. The zero-order valence-electron chi connectivity index (χ0n) is 41.0. The van der Waals surface area contributed by atoms with E-state index in [-0.39, 0.29) is 5.41 Å². The fraction of sp³-hybridized carbons (Fsp3) is 0.0423. The maximum Gasteiger partial charge on any atom is 0.0546 e. The van der Waals surface area contributed by atoms with Crippen LogP contribution in [-0.2, 0) is 5.41 Å². The number of rotatable bonds is 10. The molecule has 13 rings (SSSR count). The molecule has 346 valence electrons. The summed E-state index contributed by atoms with van der Waals surface area (Å²) in [6, 6.07) is 102. The quantitative estimate of drug-likeness (QED) is 0.126. The molecule has 2 nitrogen and oxygen atoms in total. The number of nitrogens with zero attached hydrogens (tertiary/aromatic N) is 2. The van der Waals surface area contributed by atoms with Crippen molar-refractivity contribution >= 4 is 55.7 Å². The fourth-order valence-corrected chi connectivity index (χ4v) is 11.3. The minimum atomic E-state index is -0.292. The van der Waals surface area contributed by atoms with Crippen molar-refractivity contribution in [3.05, 3.63) is 290 Å². The SMILES string of the molecule is CC1(C)c2cc(N(c3ccccc3)c3ccc(-c4ccc(-c5ccccc5)cc4)cc3)ccc2-c2ccc(N(c3ccc(-c4cccc(-c5ccccc5)c4)cc3)c3cc4ccccc4c4ccccc34)cc21. The Morgan fingerprint density at radius 2 is 0.616 bits per heavy atom. The van der Waals surface area contributed by atoms with Crippen LogP contribution in [0.15, 0.2) is 279 Å². The predicted molar refractivity (Wildman–Crippen MR) is 310 cm³/mol. The van der Waals surface area contributed by atoms with Gasteiger partial charge in [0.2, 0.25) is 0 Å². The summed E-state index contributed by atoms with van der Waals surface area (Å²) in [7, 11) is 0. The van der Waals surface area contributed by atoms with E-state index in [1.54, 1.807) is 0 Å². The Labute approximate surface area is 428 Å². The van der Waals surface area contributed by atoms with Crippen LogP contribution in [0.4, 0.5) is 34.1 Å². The van der Waals surface area contributed by atoms with Crippen LogP contribution in [0.5, 0.6) is 0 Å². The van der Waals surface area contributed by atoms with Gasteiger partial charge in [-0.3, -0.25) is 0 Å². The Balaban J connectivity index is 0.881. The third-order valence-corrected chi connectivity index (χ3v) is 15.0. The molecular formula is C71H52N2. The first kappa shape index (κ1) is 43.8. The summed E-state index contributed by atoms with van der Waals surface area (Å²) in [5.41, 5.74) is 21.3. The second-order valence-electron chi connectivity index (χ2n) is 19.7. The largest absolute Gasteiger partial charge is 0.310 e. The zero-order valence-corrected chi connectivity index (χ0v) is 41.0. The molecular weight excluding hydrogens is 881 g/mol. The third-order valence-electron chi connectivity index (χ3n) is 15.0. The van der Waals surface area contributed by atoms with E-state index in [0.29, 0.717) is 0 Å². The zero-order chi connectivity index (χ0) is 48.9. The number of anilines is 6. The molecule has 0 heterocycles. The molecule has 73 heavy (non-hydrogen) atoms. The molecule has 0 spiro atoms. The molecule has 0 aliphatic heterocycles. The van der Waals surface area contributed by atoms with E-state index in [2.05, 4.69) is 303 Å². The highest BCUT2D eigenvalue weighted by molar-refractivity contribution is 6.14. The van der Waals surface area contributed by atoms with E-state index in [1.165, 1.54) is 88.3 Å². The summed E-state index contributed by atoms with van der Waals surface area (Å²) >= 11 is 0. The lowest BCUT2D eigenvalue weighted by atomic mass is 9.82. The van der Waals surface area contributed by atoms with Crippen LogP contribution < -0.4 is 9.80 Å². The number of hydrogen-bond donors (Lipinski definition) is 0. The Hall–Kier alpha value is -9.24. The minimum Gasteiger partial charge on any atom is -0.310 e. The number of hydrogen-bond acceptors (Lipinski definition) is 2. The van der Waals surface area contributed by atoms with Gasteiger partial charge in [0.1, 0.15) is 0 Å². The maximum absolute atomic E-state index is 2.47. The van der Waals surface area contributed by atoms with E-state index in [4.69, 9.17) is 0 Å². The monoisotopic (exact) mass is 932 g/mol. The fourth-order valence-electron chi connectivity index (χ4n) is 11.3. The summed E-state index contributed by atoms with van der Waals surface area (Å²) in [5.74, 6) is 0. The van der Waals surface area contributed by atoms with Crippen molar-refractivity contribution in [1.82, 2.24) is 0 Å². The van der Waals surface area contributed by atoms with Crippen molar-refractivity contribution in [2.45, 2.75) is 19.3 Å². The Kier molecular flexibility index (Phi) is 10.9. The van der Waals surface area contributed by atoms with Gasteiger partial charge in [0.05, 0.1) is 5.69 Å². The second kappa shape index (κ2) is 18.2. The number of fused-ring (bicyclic) bond motifs is 6. The molecule has 0 atom stereocenters. The number of para-hydroxylation sites is 1. The average Bonchev–Trinajstić information content (AvgIpc) is 3.69. The second-order valence-corrected chi connectivity index (χ2v) is 19.7. The van der Waals surface area contributed by atoms with Gasteiger partial charge < -0.3 is 9.80 Å². The van der Waals surface area contributed by atoms with E-state index < -0.39 is 0 Å². The van der Waals surface area contributed by atoms with Crippen molar-refractivity contribution in [1.29, 1.82) is 0 Å². The molecule has 2 heteroatoms. The third kappa shape index (κ3) is 7.95. The molecule has 1 aliphatic carbocycles. The van der Waals surface area contributed by atoms with Crippen molar-refractivity contribution in [3.8, 4) is 55.6 Å². The van der Waals surface area contributed by atoms with Gasteiger partial charge in [0, 0.05) is 39.2 Å². The predicted octanol–water partition coefficient (Wildman–Crippen LogP) is 19.9. The van der Waals surface area contributed by atoms with E-state index in [0.717, 1.165) is 34.1 Å². The van der Waals surface area contributed by atoms with Gasteiger partial charge >= 0.3 is 0 Å². The molecule has 0 saturated heterocycles. The summed E-state index contributed by atoms with van der Waals surface area (Å²) in [6.07, 6.45) is 0. The Morgan fingerprint density at radius 3 is 1.18 bits per heavy atom. The van der Waals surface area contributed by atoms with E-state index in [1.807, 2.05) is 0 Å². The standard InChI is InChI=1S/C71H52N2/c1-71(2)68-47-61(72(58-24-10-5-11-25-58)59-37-33-53(34-38-59)52-31-29-51(30-32-52)49-17-6-3-7-18-49)41-43-65(68)66-44-42-62(48-69(66)71)73(70-46-57-21-12-13-26-63(57)64-27-14-15-28-67(64)70)60-39-35-54(36-40-60)56-23-16-22-55(45-56)50-19-8-4-9-20-50/h3-48H,1-2H3. The lowest BCUT2D eigenvalue weighted by Gasteiger charge is -2.30. The summed E-state index contributed by atoms with van der Waals surface area (Å²) in [5, 5.41) is 4.92. The van der Waals surface area contributed by atoms with Crippen LogP contribution in [0.3, 0.4) is 0 Å². The molecule has 0 bridgehead atoms. The highest BCUT2D eigenvalue weighted by atomic mass is 15.1. The smallest absolute Gasteiger partial charge is 0.0546 e. The molecule has 12 aromatic carbocycles. The molecule has 0 unspecified atom stereocenters. The van der Waals surface area contributed by atoms with Gasteiger partial charge in [-0.2, -0.15) is 0 Å². The first-order chi connectivity index (χ1) is 35.9. The van der Waals surface area contributed by atoms with Crippen molar-refractivity contribution in [2.75, 3.05) is 9.80 Å². The van der Waals surface area contributed by atoms with Gasteiger partial charge in [-0.25, -0.2) is 0 Å². The molecule has 0 radical (unpaired) electrons. The van der Waals surface area contributed by atoms with E-state index in [9.17, 15) is 0 Å². The first-order valence-electron chi connectivity index (χ1n) is 25.3. The Bertz CT molecular complexity index is 3950. The van der Waals surface area contributed by atoms with Crippen molar-refractivity contribution in [3.63, 3.8) is 0 Å². The highest BCUT2D eigenvalue weighted by Crippen LogP contribution is 2.53. The van der Waals surface area contributed by atoms with Crippen molar-refractivity contribution in [2.24, 2.45) is 0 Å². The molecule has 0 saturated carbocycles. The van der Waals surface area contributed by atoms with Crippen LogP contribution in [0, 0.1) is 0 Å². The average molecular weight is 933 g/mol. The van der Waals surface area contributed by atoms with Gasteiger partial charge in [-0.15, -0.1) is 0 Å². The first-order valence-corrected chi connectivity index (χ1v) is 25.3. The van der Waals surface area contributed by atoms with Crippen molar-refractivity contribution < 1.29 is 0 Å². The summed E-state index contributed by atoms with van der Waals surface area (Å²) in [6.45, 7) is 4.79. The number of benzene rings is 12. The summed E-state index contributed by atoms with van der Waals surface area (Å²) in [4.78, 5) is 4.86.